The summed E-state index contributed by atoms with van der Waals surface area (Å²) in [5.74, 6) is 0.914. The van der Waals surface area contributed by atoms with E-state index in [0.29, 0.717) is 0 Å². The topological polar surface area (TPSA) is 20.3 Å². The lowest BCUT2D eigenvalue weighted by molar-refractivity contribution is 0.0786. The molecule has 2 rings (SSSR count). The molecule has 1 unspecified atom stereocenters. The second kappa shape index (κ2) is 5.15. The molecule has 0 aromatic heterocycles. The smallest absolute Gasteiger partial charge is 0.253 e. The lowest BCUT2D eigenvalue weighted by Gasteiger charge is -2.16. The normalized spacial score (nSPS) is 20.1. The zero-order chi connectivity index (χ0) is 11.4. The third-order valence-electron chi connectivity index (χ3n) is 3.29. The Labute approximate surface area is 97.3 Å². The third kappa shape index (κ3) is 2.43. The summed E-state index contributed by atoms with van der Waals surface area (Å²) in [6.45, 7) is 4.08. The maximum Gasteiger partial charge on any atom is 0.253 e. The van der Waals surface area contributed by atoms with Crippen LogP contribution in [0.2, 0.25) is 0 Å². The molecule has 0 bridgehead atoms. The Balaban J connectivity index is 1.97. The van der Waals surface area contributed by atoms with Crippen LogP contribution in [0.4, 0.5) is 0 Å². The number of carbonyl (C=O) groups excluding carboxylic acids is 1. The molecule has 1 amide bonds. The summed E-state index contributed by atoms with van der Waals surface area (Å²) in [7, 11) is 0. The Morgan fingerprint density at radius 1 is 1.38 bits per heavy atom. The number of carbonyl (C=O) groups is 1. The lowest BCUT2D eigenvalue weighted by atomic mass is 10.0. The second-order valence-electron chi connectivity index (χ2n) is 4.56. The highest BCUT2D eigenvalue weighted by molar-refractivity contribution is 5.94. The van der Waals surface area contributed by atoms with Gasteiger partial charge in [-0.1, -0.05) is 31.5 Å². The van der Waals surface area contributed by atoms with Crippen LogP contribution in [0, 0.1) is 5.92 Å². The zero-order valence-electron chi connectivity index (χ0n) is 9.86. The summed E-state index contributed by atoms with van der Waals surface area (Å²) in [5.41, 5.74) is 0.819. The van der Waals surface area contributed by atoms with Crippen LogP contribution in [0.1, 0.15) is 36.5 Å². The third-order valence-corrected chi connectivity index (χ3v) is 3.29. The minimum Gasteiger partial charge on any atom is -0.338 e. The van der Waals surface area contributed by atoms with Gasteiger partial charge in [-0.3, -0.25) is 4.79 Å². The van der Waals surface area contributed by atoms with Crippen LogP contribution in [0.25, 0.3) is 0 Å². The maximum atomic E-state index is 12.1. The van der Waals surface area contributed by atoms with Crippen LogP contribution >= 0.6 is 0 Å². The molecule has 1 aliphatic heterocycles. The first kappa shape index (κ1) is 11.2. The Morgan fingerprint density at radius 2 is 2.12 bits per heavy atom. The van der Waals surface area contributed by atoms with Crippen molar-refractivity contribution in [2.75, 3.05) is 13.1 Å². The monoisotopic (exact) mass is 217 g/mol. The molecule has 86 valence electrons. The average molecular weight is 217 g/mol. The number of hydrogen-bond acceptors (Lipinski definition) is 1. The molecule has 0 saturated carbocycles. The zero-order valence-corrected chi connectivity index (χ0v) is 9.86. The molecule has 2 heteroatoms. The van der Waals surface area contributed by atoms with E-state index in [1.165, 1.54) is 19.3 Å². The molecule has 0 spiro atoms. The number of rotatable bonds is 3. The van der Waals surface area contributed by atoms with E-state index in [1.807, 2.05) is 35.2 Å². The molecule has 0 aliphatic carbocycles. The predicted molar refractivity (Wildman–Crippen MR) is 65.4 cm³/mol. The van der Waals surface area contributed by atoms with Gasteiger partial charge in [0.25, 0.3) is 5.91 Å². The van der Waals surface area contributed by atoms with Gasteiger partial charge in [0.15, 0.2) is 0 Å². The summed E-state index contributed by atoms with van der Waals surface area (Å²) < 4.78 is 0. The molecular weight excluding hydrogens is 198 g/mol. The molecule has 1 aromatic rings. The van der Waals surface area contributed by atoms with Crippen LogP contribution in [0.5, 0.6) is 0 Å². The fourth-order valence-electron chi connectivity index (χ4n) is 2.42. The van der Waals surface area contributed by atoms with Crippen LogP contribution in [0.3, 0.4) is 0 Å². The molecule has 0 radical (unpaired) electrons. The van der Waals surface area contributed by atoms with Gasteiger partial charge in [0.1, 0.15) is 0 Å². The van der Waals surface area contributed by atoms with E-state index in [4.69, 9.17) is 0 Å². The number of benzene rings is 1. The first-order valence-electron chi connectivity index (χ1n) is 6.15. The van der Waals surface area contributed by atoms with E-state index >= 15 is 0 Å². The molecule has 2 nitrogen and oxygen atoms in total. The maximum absolute atomic E-state index is 12.1. The van der Waals surface area contributed by atoms with Gasteiger partial charge in [0.2, 0.25) is 0 Å². The van der Waals surface area contributed by atoms with Crippen molar-refractivity contribution < 1.29 is 4.79 Å². The highest BCUT2D eigenvalue weighted by Crippen LogP contribution is 2.22. The minimum absolute atomic E-state index is 0.194. The molecular formula is C14H19NO. The quantitative estimate of drug-likeness (QED) is 0.762. The highest BCUT2D eigenvalue weighted by Gasteiger charge is 2.25. The molecule has 1 saturated heterocycles. The summed E-state index contributed by atoms with van der Waals surface area (Å²) >= 11 is 0. The summed E-state index contributed by atoms with van der Waals surface area (Å²) in [6.07, 6.45) is 3.64. The number of hydrogen-bond donors (Lipinski definition) is 0. The number of nitrogens with zero attached hydrogens (tertiary/aromatic N) is 1. The fraction of sp³-hybridized carbons (Fsp3) is 0.500. The van der Waals surface area contributed by atoms with Crippen molar-refractivity contribution in [1.29, 1.82) is 0 Å². The fourth-order valence-corrected chi connectivity index (χ4v) is 2.42. The number of likely N-dealkylation sites (tertiary alicyclic amines) is 1. The largest absolute Gasteiger partial charge is 0.338 e. The molecule has 0 N–H and O–H groups in total. The molecule has 16 heavy (non-hydrogen) atoms. The summed E-state index contributed by atoms with van der Waals surface area (Å²) in [6, 6.07) is 9.59. The van der Waals surface area contributed by atoms with E-state index < -0.39 is 0 Å². The molecule has 1 aliphatic rings. The number of amides is 1. The molecule has 1 atom stereocenters. The molecule has 1 fully saturated rings. The first-order valence-corrected chi connectivity index (χ1v) is 6.15. The summed E-state index contributed by atoms with van der Waals surface area (Å²) in [4.78, 5) is 14.1. The van der Waals surface area contributed by atoms with Gasteiger partial charge in [-0.2, -0.15) is 0 Å². The van der Waals surface area contributed by atoms with E-state index in [1.54, 1.807) is 0 Å². The molecule has 1 aromatic carbocycles. The van der Waals surface area contributed by atoms with Crippen LogP contribution in [0.15, 0.2) is 30.3 Å². The van der Waals surface area contributed by atoms with Crippen molar-refractivity contribution in [2.24, 2.45) is 5.92 Å². The van der Waals surface area contributed by atoms with E-state index in [2.05, 4.69) is 6.92 Å². The van der Waals surface area contributed by atoms with Crippen LogP contribution in [-0.2, 0) is 0 Å². The average Bonchev–Trinajstić information content (AvgIpc) is 2.78. The van der Waals surface area contributed by atoms with Crippen molar-refractivity contribution in [3.8, 4) is 0 Å². The Hall–Kier alpha value is -1.31. The predicted octanol–water partition coefficient (Wildman–Crippen LogP) is 2.95. The SMILES string of the molecule is CCCC1CCN(C(=O)c2ccccc2)C1. The lowest BCUT2D eigenvalue weighted by Crippen LogP contribution is -2.28. The Bertz CT molecular complexity index is 347. The van der Waals surface area contributed by atoms with Gasteiger partial charge >= 0.3 is 0 Å². The standard InChI is InChI=1S/C14H19NO/c1-2-6-12-9-10-15(11-12)14(16)13-7-4-3-5-8-13/h3-5,7-8,12H,2,6,9-11H2,1H3. The van der Waals surface area contributed by atoms with Gasteiger partial charge in [-0.15, -0.1) is 0 Å². The first-order chi connectivity index (χ1) is 7.81. The van der Waals surface area contributed by atoms with Crippen molar-refractivity contribution >= 4 is 5.91 Å². The van der Waals surface area contributed by atoms with Crippen LogP contribution in [-0.4, -0.2) is 23.9 Å². The van der Waals surface area contributed by atoms with Crippen molar-refractivity contribution in [3.63, 3.8) is 0 Å². The second-order valence-corrected chi connectivity index (χ2v) is 4.56. The van der Waals surface area contributed by atoms with Crippen molar-refractivity contribution in [3.05, 3.63) is 35.9 Å². The summed E-state index contributed by atoms with van der Waals surface area (Å²) in [5, 5.41) is 0. The van der Waals surface area contributed by atoms with Gasteiger partial charge < -0.3 is 4.90 Å². The minimum atomic E-state index is 0.194. The van der Waals surface area contributed by atoms with Crippen molar-refractivity contribution in [1.82, 2.24) is 4.90 Å². The van der Waals surface area contributed by atoms with E-state index in [9.17, 15) is 4.79 Å². The highest BCUT2D eigenvalue weighted by atomic mass is 16.2. The Kier molecular flexibility index (Phi) is 3.60. The van der Waals surface area contributed by atoms with Crippen LogP contribution < -0.4 is 0 Å². The molecule has 1 heterocycles. The van der Waals surface area contributed by atoms with Gasteiger partial charge in [0.05, 0.1) is 0 Å². The van der Waals surface area contributed by atoms with Gasteiger partial charge in [0, 0.05) is 18.7 Å². The van der Waals surface area contributed by atoms with Gasteiger partial charge in [-0.25, -0.2) is 0 Å². The van der Waals surface area contributed by atoms with Gasteiger partial charge in [-0.05, 0) is 30.9 Å². The van der Waals surface area contributed by atoms with E-state index in [-0.39, 0.29) is 5.91 Å². The van der Waals surface area contributed by atoms with Crippen molar-refractivity contribution in [2.45, 2.75) is 26.2 Å². The van der Waals surface area contributed by atoms with E-state index in [0.717, 1.165) is 24.6 Å². The Morgan fingerprint density at radius 3 is 2.81 bits per heavy atom.